The highest BCUT2D eigenvalue weighted by atomic mass is 32.1. The molecule has 1 unspecified atom stereocenters. The third kappa shape index (κ3) is 6.35. The highest BCUT2D eigenvalue weighted by Gasteiger charge is 2.27. The summed E-state index contributed by atoms with van der Waals surface area (Å²) in [5.74, 6) is -1.54. The van der Waals surface area contributed by atoms with E-state index in [9.17, 15) is 19.2 Å². The van der Waals surface area contributed by atoms with Crippen molar-refractivity contribution >= 4 is 35.0 Å². The summed E-state index contributed by atoms with van der Waals surface area (Å²) >= 11 is 1.44. The zero-order valence-corrected chi connectivity index (χ0v) is 16.2. The van der Waals surface area contributed by atoms with Crippen LogP contribution in [0.2, 0.25) is 0 Å². The lowest BCUT2D eigenvalue weighted by molar-refractivity contribution is -0.145. The molecule has 9 heteroatoms. The van der Waals surface area contributed by atoms with E-state index < -0.39 is 5.97 Å². The van der Waals surface area contributed by atoms with Gasteiger partial charge in [0.1, 0.15) is 6.54 Å². The van der Waals surface area contributed by atoms with Gasteiger partial charge in [-0.1, -0.05) is 0 Å². The van der Waals surface area contributed by atoms with E-state index in [-0.39, 0.29) is 43.3 Å². The van der Waals surface area contributed by atoms with Crippen LogP contribution in [0.4, 0.5) is 0 Å². The van der Waals surface area contributed by atoms with Crippen molar-refractivity contribution in [3.8, 4) is 0 Å². The summed E-state index contributed by atoms with van der Waals surface area (Å²) in [5.41, 5.74) is 0.591. The van der Waals surface area contributed by atoms with E-state index in [1.54, 1.807) is 16.3 Å². The molecule has 0 radical (unpaired) electrons. The maximum atomic E-state index is 12.4. The number of hydrogen-bond donors (Lipinski definition) is 2. The van der Waals surface area contributed by atoms with Crippen LogP contribution in [0.15, 0.2) is 16.8 Å². The molecule has 0 bridgehead atoms. The van der Waals surface area contributed by atoms with Gasteiger partial charge in [0.05, 0.1) is 0 Å². The number of amides is 3. The number of carbonyl (C=O) groups excluding carboxylic acids is 3. The van der Waals surface area contributed by atoms with E-state index in [2.05, 4.69) is 5.32 Å². The van der Waals surface area contributed by atoms with Gasteiger partial charge < -0.3 is 20.2 Å². The van der Waals surface area contributed by atoms with Gasteiger partial charge in [0, 0.05) is 50.0 Å². The molecule has 0 spiro atoms. The van der Waals surface area contributed by atoms with Gasteiger partial charge in [-0.15, -0.1) is 0 Å². The van der Waals surface area contributed by atoms with Gasteiger partial charge in [-0.05, 0) is 30.7 Å². The van der Waals surface area contributed by atoms with Crippen LogP contribution in [0, 0.1) is 0 Å². The van der Waals surface area contributed by atoms with E-state index in [1.807, 2.05) is 5.38 Å². The van der Waals surface area contributed by atoms with Gasteiger partial charge >= 0.3 is 5.97 Å². The highest BCUT2D eigenvalue weighted by molar-refractivity contribution is 7.08. The van der Waals surface area contributed by atoms with E-state index >= 15 is 0 Å². The van der Waals surface area contributed by atoms with Crippen LogP contribution in [-0.2, 0) is 14.4 Å². The second-order valence-corrected chi connectivity index (χ2v) is 7.30. The fourth-order valence-electron chi connectivity index (χ4n) is 3.22. The smallest absolute Gasteiger partial charge is 0.323 e. The van der Waals surface area contributed by atoms with Crippen LogP contribution >= 0.6 is 11.3 Å². The Morgan fingerprint density at radius 3 is 2.70 bits per heavy atom. The highest BCUT2D eigenvalue weighted by Crippen LogP contribution is 2.18. The van der Waals surface area contributed by atoms with Crippen LogP contribution in [0.1, 0.15) is 43.0 Å². The predicted octanol–water partition coefficient (Wildman–Crippen LogP) is 1.18. The molecule has 2 N–H and O–H groups in total. The fraction of sp³-hybridized carbons (Fsp3) is 0.556. The zero-order valence-electron chi connectivity index (χ0n) is 15.3. The minimum atomic E-state index is -1.04. The van der Waals surface area contributed by atoms with E-state index in [1.165, 1.54) is 23.2 Å². The third-order valence-corrected chi connectivity index (χ3v) is 5.29. The van der Waals surface area contributed by atoms with Crippen LogP contribution in [0.5, 0.6) is 0 Å². The number of carboxylic acid groups (broad SMARTS) is 1. The average Bonchev–Trinajstić information content (AvgIpc) is 3.04. The standard InChI is InChI=1S/C18H25N3O5S/c1-13(22)21(11-17(24)25)15-3-2-8-20(9-5-15)16(23)4-7-19-18(26)14-6-10-27-12-14/h6,10,12,15H,2-5,7-9,11H2,1H3,(H,19,26)(H,24,25). The summed E-state index contributed by atoms with van der Waals surface area (Å²) in [7, 11) is 0. The normalized spacial score (nSPS) is 17.1. The van der Waals surface area contributed by atoms with Gasteiger partial charge in [-0.3, -0.25) is 19.2 Å². The largest absolute Gasteiger partial charge is 0.480 e. The molecule has 1 fully saturated rings. The van der Waals surface area contributed by atoms with Crippen molar-refractivity contribution in [1.82, 2.24) is 15.1 Å². The molecule has 8 nitrogen and oxygen atoms in total. The Kier molecular flexibility index (Phi) is 7.78. The summed E-state index contributed by atoms with van der Waals surface area (Å²) in [5, 5.41) is 15.3. The fourth-order valence-corrected chi connectivity index (χ4v) is 3.86. The number of rotatable bonds is 7. The molecular weight excluding hydrogens is 370 g/mol. The molecule has 1 aromatic heterocycles. The van der Waals surface area contributed by atoms with E-state index in [0.29, 0.717) is 37.9 Å². The second-order valence-electron chi connectivity index (χ2n) is 6.52. The Hall–Kier alpha value is -2.42. The summed E-state index contributed by atoms with van der Waals surface area (Å²) in [4.78, 5) is 50.1. The van der Waals surface area contributed by atoms with Crippen molar-refractivity contribution in [2.75, 3.05) is 26.2 Å². The van der Waals surface area contributed by atoms with E-state index in [0.717, 1.165) is 0 Å². The minimum absolute atomic E-state index is 0.0473. The maximum Gasteiger partial charge on any atom is 0.323 e. The number of carboxylic acids is 1. The molecule has 0 saturated carbocycles. The molecular formula is C18H25N3O5S. The molecule has 1 aliphatic rings. The second kappa shape index (κ2) is 10.1. The molecule has 1 aromatic rings. The van der Waals surface area contributed by atoms with Crippen molar-refractivity contribution in [3.05, 3.63) is 22.4 Å². The van der Waals surface area contributed by atoms with E-state index in [4.69, 9.17) is 5.11 Å². The molecule has 1 atom stereocenters. The lowest BCUT2D eigenvalue weighted by Gasteiger charge is -2.28. The number of nitrogens with zero attached hydrogens (tertiary/aromatic N) is 2. The van der Waals surface area contributed by atoms with Gasteiger partial charge in [0.2, 0.25) is 11.8 Å². The number of nitrogens with one attached hydrogen (secondary N) is 1. The SMILES string of the molecule is CC(=O)N(CC(=O)O)C1CCCN(C(=O)CCNC(=O)c2ccsc2)CC1. The third-order valence-electron chi connectivity index (χ3n) is 4.61. The van der Waals surface area contributed by atoms with Crippen molar-refractivity contribution in [3.63, 3.8) is 0 Å². The molecule has 3 amide bonds. The molecule has 1 aliphatic heterocycles. The molecule has 0 aromatic carbocycles. The molecule has 2 rings (SSSR count). The summed E-state index contributed by atoms with van der Waals surface area (Å²) in [6.45, 7) is 2.37. The maximum absolute atomic E-state index is 12.4. The predicted molar refractivity (Wildman–Crippen MR) is 101 cm³/mol. The van der Waals surface area contributed by atoms with Crippen molar-refractivity contribution in [2.24, 2.45) is 0 Å². The first kappa shape index (κ1) is 20.9. The number of aliphatic carboxylic acids is 1. The first-order chi connectivity index (χ1) is 12.9. The number of likely N-dealkylation sites (tertiary alicyclic amines) is 1. The van der Waals surface area contributed by atoms with Gasteiger partial charge in [-0.25, -0.2) is 0 Å². The summed E-state index contributed by atoms with van der Waals surface area (Å²) in [6, 6.07) is 1.56. The zero-order chi connectivity index (χ0) is 19.8. The molecule has 0 aliphatic carbocycles. The van der Waals surface area contributed by atoms with Crippen LogP contribution in [0.3, 0.4) is 0 Å². The first-order valence-electron chi connectivity index (χ1n) is 8.95. The minimum Gasteiger partial charge on any atom is -0.480 e. The first-order valence-corrected chi connectivity index (χ1v) is 9.90. The van der Waals surface area contributed by atoms with Crippen molar-refractivity contribution < 1.29 is 24.3 Å². The number of thiophene rings is 1. The average molecular weight is 395 g/mol. The van der Waals surface area contributed by atoms with Crippen LogP contribution < -0.4 is 5.32 Å². The Morgan fingerprint density at radius 1 is 1.30 bits per heavy atom. The van der Waals surface area contributed by atoms with Crippen LogP contribution in [-0.4, -0.2) is 70.8 Å². The summed E-state index contributed by atoms with van der Waals surface area (Å²) < 4.78 is 0. The monoisotopic (exact) mass is 395 g/mol. The summed E-state index contributed by atoms with van der Waals surface area (Å²) in [6.07, 6.45) is 2.15. The van der Waals surface area contributed by atoms with Gasteiger partial charge in [0.15, 0.2) is 0 Å². The van der Waals surface area contributed by atoms with Crippen molar-refractivity contribution in [1.29, 1.82) is 0 Å². The quantitative estimate of drug-likeness (QED) is 0.721. The Morgan fingerprint density at radius 2 is 2.07 bits per heavy atom. The Labute approximate surface area is 162 Å². The lowest BCUT2D eigenvalue weighted by atomic mass is 10.1. The molecule has 1 saturated heterocycles. The number of hydrogen-bond acceptors (Lipinski definition) is 5. The topological polar surface area (TPSA) is 107 Å². The van der Waals surface area contributed by atoms with Gasteiger partial charge in [0.25, 0.3) is 5.91 Å². The van der Waals surface area contributed by atoms with Gasteiger partial charge in [-0.2, -0.15) is 11.3 Å². The van der Waals surface area contributed by atoms with Crippen LogP contribution in [0.25, 0.3) is 0 Å². The lowest BCUT2D eigenvalue weighted by Crippen LogP contribution is -2.43. The van der Waals surface area contributed by atoms with Crippen molar-refractivity contribution in [2.45, 2.75) is 38.6 Å². The number of carbonyl (C=O) groups is 4. The molecule has 148 valence electrons. The Balaban J connectivity index is 1.80. The molecule has 2 heterocycles. The Bertz CT molecular complexity index is 677. The molecule has 27 heavy (non-hydrogen) atoms.